The van der Waals surface area contributed by atoms with Gasteiger partial charge in [0.2, 0.25) is 0 Å². The molecule has 3 rings (SSSR count). The van der Waals surface area contributed by atoms with E-state index in [1.165, 1.54) is 37.4 Å². The van der Waals surface area contributed by atoms with Crippen molar-refractivity contribution >= 4 is 49.1 Å². The maximum absolute atomic E-state index is 13.4. The fourth-order valence-electron chi connectivity index (χ4n) is 2.77. The standard InChI is InChI=1S/C22H19BrClNO5S/c1-15-6-9-19(10-7-15)31(27,28)25(17-8-11-21(29-2)20(24)13-17)22(26)14-30-18-5-3-4-16(23)12-18/h3-13H,14H2,1-2H3. The maximum Gasteiger partial charge on any atom is 0.278 e. The van der Waals surface area contributed by atoms with Crippen LogP contribution in [0, 0.1) is 6.92 Å². The Morgan fingerprint density at radius 3 is 2.39 bits per heavy atom. The first kappa shape index (κ1) is 23.1. The summed E-state index contributed by atoms with van der Waals surface area (Å²) in [5.74, 6) is 0.000825. The van der Waals surface area contributed by atoms with Crippen molar-refractivity contribution in [3.8, 4) is 11.5 Å². The second kappa shape index (κ2) is 9.72. The second-order valence-corrected chi connectivity index (χ2v) is 9.65. The number of halogens is 2. The molecule has 0 aliphatic heterocycles. The average Bonchev–Trinajstić information content (AvgIpc) is 2.73. The molecular formula is C22H19BrClNO5S. The molecule has 0 aliphatic rings. The van der Waals surface area contributed by atoms with Crippen LogP contribution in [0.1, 0.15) is 5.56 Å². The molecule has 0 fully saturated rings. The zero-order valence-corrected chi connectivity index (χ0v) is 19.9. The third-order valence-electron chi connectivity index (χ3n) is 4.31. The molecular weight excluding hydrogens is 506 g/mol. The van der Waals surface area contributed by atoms with Gasteiger partial charge in [0.1, 0.15) is 11.5 Å². The lowest BCUT2D eigenvalue weighted by Gasteiger charge is -2.23. The number of ether oxygens (including phenoxy) is 2. The lowest BCUT2D eigenvalue weighted by molar-refractivity contribution is -0.119. The summed E-state index contributed by atoms with van der Waals surface area (Å²) in [7, 11) is -2.78. The molecule has 0 N–H and O–H groups in total. The van der Waals surface area contributed by atoms with Crippen molar-refractivity contribution < 1.29 is 22.7 Å². The largest absolute Gasteiger partial charge is 0.495 e. The van der Waals surface area contributed by atoms with E-state index in [4.69, 9.17) is 21.1 Å². The van der Waals surface area contributed by atoms with E-state index in [1.54, 1.807) is 30.3 Å². The van der Waals surface area contributed by atoms with Gasteiger partial charge in [-0.05, 0) is 55.5 Å². The fraction of sp³-hybridized carbons (Fsp3) is 0.136. The predicted octanol–water partition coefficient (Wildman–Crippen LogP) is 5.22. The minimum Gasteiger partial charge on any atom is -0.495 e. The topological polar surface area (TPSA) is 72.9 Å². The van der Waals surface area contributed by atoms with Crippen LogP contribution in [0.3, 0.4) is 0 Å². The zero-order chi connectivity index (χ0) is 22.6. The highest BCUT2D eigenvalue weighted by atomic mass is 79.9. The summed E-state index contributed by atoms with van der Waals surface area (Å²) in [4.78, 5) is 13.1. The lowest BCUT2D eigenvalue weighted by Crippen LogP contribution is -2.40. The van der Waals surface area contributed by atoms with Crippen molar-refractivity contribution in [2.24, 2.45) is 0 Å². The molecule has 31 heavy (non-hydrogen) atoms. The molecule has 6 nitrogen and oxygen atoms in total. The molecule has 0 spiro atoms. The molecule has 1 amide bonds. The molecule has 9 heteroatoms. The first-order valence-corrected chi connectivity index (χ1v) is 11.7. The van der Waals surface area contributed by atoms with Crippen LogP contribution in [-0.4, -0.2) is 28.0 Å². The Morgan fingerprint density at radius 1 is 1.06 bits per heavy atom. The van der Waals surface area contributed by atoms with E-state index in [2.05, 4.69) is 15.9 Å². The van der Waals surface area contributed by atoms with E-state index < -0.39 is 22.5 Å². The number of hydrogen-bond donors (Lipinski definition) is 0. The summed E-state index contributed by atoms with van der Waals surface area (Å²) < 4.78 is 38.9. The number of methoxy groups -OCH3 is 1. The Kier molecular flexibility index (Phi) is 7.25. The Bertz CT molecular complexity index is 1200. The highest BCUT2D eigenvalue weighted by Crippen LogP contribution is 2.32. The van der Waals surface area contributed by atoms with Crippen molar-refractivity contribution in [2.75, 3.05) is 18.0 Å². The van der Waals surface area contributed by atoms with E-state index >= 15 is 0 Å². The number of benzene rings is 3. The van der Waals surface area contributed by atoms with E-state index in [9.17, 15) is 13.2 Å². The van der Waals surface area contributed by atoms with E-state index in [0.717, 1.165) is 10.0 Å². The van der Waals surface area contributed by atoms with Crippen molar-refractivity contribution in [2.45, 2.75) is 11.8 Å². The Morgan fingerprint density at radius 2 is 1.77 bits per heavy atom. The molecule has 3 aromatic rings. The van der Waals surface area contributed by atoms with Gasteiger partial charge in [0.25, 0.3) is 15.9 Å². The van der Waals surface area contributed by atoms with Gasteiger partial charge in [0.15, 0.2) is 6.61 Å². The predicted molar refractivity (Wildman–Crippen MR) is 123 cm³/mol. The molecule has 3 aromatic carbocycles. The first-order valence-electron chi connectivity index (χ1n) is 9.09. The number of hydrogen-bond acceptors (Lipinski definition) is 5. The Hall–Kier alpha value is -2.55. The summed E-state index contributed by atoms with van der Waals surface area (Å²) in [6.45, 7) is 1.35. The highest BCUT2D eigenvalue weighted by Gasteiger charge is 2.32. The highest BCUT2D eigenvalue weighted by molar-refractivity contribution is 9.10. The van der Waals surface area contributed by atoms with E-state index in [1.807, 2.05) is 13.0 Å². The van der Waals surface area contributed by atoms with Gasteiger partial charge in [-0.2, -0.15) is 4.31 Å². The molecule has 0 saturated carbocycles. The van der Waals surface area contributed by atoms with Crippen LogP contribution in [0.4, 0.5) is 5.69 Å². The number of aryl methyl sites for hydroxylation is 1. The summed E-state index contributed by atoms with van der Waals surface area (Å²) in [6.07, 6.45) is 0. The van der Waals surface area contributed by atoms with Gasteiger partial charge >= 0.3 is 0 Å². The number of rotatable bonds is 7. The van der Waals surface area contributed by atoms with Gasteiger partial charge in [-0.15, -0.1) is 0 Å². The van der Waals surface area contributed by atoms with Crippen molar-refractivity contribution in [3.63, 3.8) is 0 Å². The number of carbonyl (C=O) groups excluding carboxylic acids is 1. The number of anilines is 1. The fourth-order valence-corrected chi connectivity index (χ4v) is 4.81. The van der Waals surface area contributed by atoms with Crippen LogP contribution in [0.5, 0.6) is 11.5 Å². The zero-order valence-electron chi connectivity index (χ0n) is 16.7. The van der Waals surface area contributed by atoms with Crippen molar-refractivity contribution in [1.29, 1.82) is 0 Å². The molecule has 0 aromatic heterocycles. The van der Waals surface area contributed by atoms with Gasteiger partial charge in [0, 0.05) is 4.47 Å². The van der Waals surface area contributed by atoms with E-state index in [-0.39, 0.29) is 15.6 Å². The van der Waals surface area contributed by atoms with Gasteiger partial charge in [-0.3, -0.25) is 4.79 Å². The normalized spacial score (nSPS) is 11.1. The van der Waals surface area contributed by atoms with Crippen LogP contribution < -0.4 is 13.8 Å². The molecule has 0 atom stereocenters. The second-order valence-electron chi connectivity index (χ2n) is 6.54. The third kappa shape index (κ3) is 5.39. The van der Waals surface area contributed by atoms with E-state index in [0.29, 0.717) is 15.8 Å². The SMILES string of the molecule is COc1ccc(N(C(=O)COc2cccc(Br)c2)S(=O)(=O)c2ccc(C)cc2)cc1Cl. The smallest absolute Gasteiger partial charge is 0.278 e. The molecule has 162 valence electrons. The minimum absolute atomic E-state index is 0.0270. The van der Waals surface area contributed by atoms with Gasteiger partial charge in [-0.25, -0.2) is 8.42 Å². The average molecular weight is 525 g/mol. The molecule has 0 aliphatic carbocycles. The van der Waals surface area contributed by atoms with Crippen LogP contribution in [0.15, 0.2) is 76.1 Å². The number of nitrogens with zero attached hydrogens (tertiary/aromatic N) is 1. The number of amides is 1. The molecule has 0 radical (unpaired) electrons. The third-order valence-corrected chi connectivity index (χ3v) is 6.87. The molecule has 0 saturated heterocycles. The van der Waals surface area contributed by atoms with Crippen molar-refractivity contribution in [1.82, 2.24) is 0 Å². The summed E-state index contributed by atoms with van der Waals surface area (Å²) >= 11 is 9.52. The maximum atomic E-state index is 13.4. The van der Waals surface area contributed by atoms with Crippen LogP contribution in [0.2, 0.25) is 5.02 Å². The summed E-state index contributed by atoms with van der Waals surface area (Å²) in [5, 5.41) is 0.171. The monoisotopic (exact) mass is 523 g/mol. The van der Waals surface area contributed by atoms with Gasteiger partial charge in [0.05, 0.1) is 22.7 Å². The Labute approximate surface area is 194 Å². The first-order chi connectivity index (χ1) is 14.7. The molecule has 0 unspecified atom stereocenters. The molecule has 0 heterocycles. The number of carbonyl (C=O) groups is 1. The Balaban J connectivity index is 2.00. The van der Waals surface area contributed by atoms with Crippen LogP contribution in [0.25, 0.3) is 0 Å². The summed E-state index contributed by atoms with van der Waals surface area (Å²) in [6, 6.07) is 17.4. The van der Waals surface area contributed by atoms with Gasteiger partial charge < -0.3 is 9.47 Å². The quantitative estimate of drug-likeness (QED) is 0.424. The van der Waals surface area contributed by atoms with Crippen LogP contribution >= 0.6 is 27.5 Å². The van der Waals surface area contributed by atoms with Crippen molar-refractivity contribution in [3.05, 3.63) is 81.8 Å². The lowest BCUT2D eigenvalue weighted by atomic mass is 10.2. The minimum atomic E-state index is -4.22. The summed E-state index contributed by atoms with van der Waals surface area (Å²) in [5.41, 5.74) is 0.969. The molecule has 0 bridgehead atoms. The van der Waals surface area contributed by atoms with Crippen LogP contribution in [-0.2, 0) is 14.8 Å². The number of sulfonamides is 1. The van der Waals surface area contributed by atoms with Gasteiger partial charge in [-0.1, -0.05) is 51.3 Å².